The summed E-state index contributed by atoms with van der Waals surface area (Å²) in [6.45, 7) is 1.77. The lowest BCUT2D eigenvalue weighted by Crippen LogP contribution is -2.20. The van der Waals surface area contributed by atoms with Crippen molar-refractivity contribution in [2.45, 2.75) is 11.8 Å². The Morgan fingerprint density at radius 3 is 2.29 bits per heavy atom. The van der Waals surface area contributed by atoms with E-state index in [1.165, 1.54) is 34.9 Å². The van der Waals surface area contributed by atoms with E-state index in [2.05, 4.69) is 4.98 Å². The van der Waals surface area contributed by atoms with Crippen molar-refractivity contribution in [3.63, 3.8) is 0 Å². The van der Waals surface area contributed by atoms with Crippen LogP contribution in [-0.2, 0) is 9.84 Å². The Hall–Kier alpha value is -3.64. The standard InChI is InChI=1S/C24H15Cl2N3O4S/c1-15-3-2-12-29-22(15)28-23(33-18-8-4-16(25)5-9-18)21(24(29)30)13-20(14-27)34(31,32)19-10-6-17(26)7-11-19/h2-13H,1H3/b20-13+. The van der Waals surface area contributed by atoms with Crippen LogP contribution in [0.5, 0.6) is 11.6 Å². The molecular formula is C24H15Cl2N3O4S. The summed E-state index contributed by atoms with van der Waals surface area (Å²) in [5, 5.41) is 10.5. The largest absolute Gasteiger partial charge is 0.438 e. The first-order chi connectivity index (χ1) is 16.2. The fourth-order valence-electron chi connectivity index (χ4n) is 3.15. The molecule has 0 aliphatic heterocycles. The lowest BCUT2D eigenvalue weighted by molar-refractivity contribution is 0.461. The number of fused-ring (bicyclic) bond motifs is 1. The molecule has 0 aliphatic rings. The van der Waals surface area contributed by atoms with Gasteiger partial charge in [0.05, 0.1) is 4.90 Å². The zero-order valence-electron chi connectivity index (χ0n) is 17.6. The molecule has 0 spiro atoms. The quantitative estimate of drug-likeness (QED) is 0.330. The number of sulfone groups is 1. The van der Waals surface area contributed by atoms with E-state index >= 15 is 0 Å². The van der Waals surface area contributed by atoms with Crippen LogP contribution in [0.4, 0.5) is 0 Å². The van der Waals surface area contributed by atoms with Gasteiger partial charge in [-0.2, -0.15) is 10.2 Å². The van der Waals surface area contributed by atoms with Crippen LogP contribution in [0.2, 0.25) is 10.0 Å². The van der Waals surface area contributed by atoms with Gasteiger partial charge >= 0.3 is 0 Å². The summed E-state index contributed by atoms with van der Waals surface area (Å²) in [5.74, 6) is 0.170. The summed E-state index contributed by atoms with van der Waals surface area (Å²) in [7, 11) is -4.25. The summed E-state index contributed by atoms with van der Waals surface area (Å²) in [4.78, 5) is 17.0. The Labute approximate surface area is 205 Å². The van der Waals surface area contributed by atoms with Crippen molar-refractivity contribution in [1.29, 1.82) is 5.26 Å². The summed E-state index contributed by atoms with van der Waals surface area (Å²) in [6, 6.07) is 16.8. The molecule has 2 aromatic carbocycles. The number of hydrogen-bond donors (Lipinski definition) is 0. The molecule has 170 valence electrons. The molecular weight excluding hydrogens is 497 g/mol. The van der Waals surface area contributed by atoms with Gasteiger partial charge in [0.15, 0.2) is 0 Å². The third kappa shape index (κ3) is 4.54. The number of allylic oxidation sites excluding steroid dienone is 1. The Bertz CT molecular complexity index is 1640. The van der Waals surface area contributed by atoms with E-state index in [1.54, 1.807) is 49.4 Å². The summed E-state index contributed by atoms with van der Waals surface area (Å²) in [5.41, 5.74) is 0.224. The molecule has 0 N–H and O–H groups in total. The second-order valence-electron chi connectivity index (χ2n) is 7.15. The van der Waals surface area contributed by atoms with Crippen molar-refractivity contribution in [1.82, 2.24) is 9.38 Å². The molecule has 2 aromatic heterocycles. The average molecular weight is 512 g/mol. The number of nitrogens with zero attached hydrogens (tertiary/aromatic N) is 3. The highest BCUT2D eigenvalue weighted by Crippen LogP contribution is 2.28. The van der Waals surface area contributed by atoms with E-state index in [9.17, 15) is 18.5 Å². The number of nitriles is 1. The predicted octanol–water partition coefficient (Wildman–Crippen LogP) is 5.44. The third-order valence-electron chi connectivity index (χ3n) is 4.88. The number of ether oxygens (including phenoxy) is 1. The SMILES string of the molecule is Cc1cccn2c(=O)c(/C=C(\C#N)S(=O)(=O)c3ccc(Cl)cc3)c(Oc3ccc(Cl)cc3)nc12. The van der Waals surface area contributed by atoms with Crippen LogP contribution in [0.15, 0.2) is 81.5 Å². The normalized spacial score (nSPS) is 11.9. The molecule has 0 saturated heterocycles. The minimum Gasteiger partial charge on any atom is -0.438 e. The molecule has 0 bridgehead atoms. The minimum absolute atomic E-state index is 0.144. The van der Waals surface area contributed by atoms with Crippen LogP contribution < -0.4 is 10.3 Å². The molecule has 0 amide bonds. The minimum atomic E-state index is -4.25. The van der Waals surface area contributed by atoms with Gasteiger partial charge in [0.2, 0.25) is 15.7 Å². The van der Waals surface area contributed by atoms with Gasteiger partial charge in [-0.25, -0.2) is 8.42 Å². The van der Waals surface area contributed by atoms with Crippen LogP contribution in [0, 0.1) is 18.3 Å². The molecule has 4 rings (SSSR count). The number of aromatic nitrogens is 2. The molecule has 0 aliphatic carbocycles. The second-order valence-corrected chi connectivity index (χ2v) is 9.95. The molecule has 0 fully saturated rings. The molecule has 7 nitrogen and oxygen atoms in total. The topological polar surface area (TPSA) is 102 Å². The Balaban J connectivity index is 1.95. The number of halogens is 2. The number of pyridine rings is 1. The van der Waals surface area contributed by atoms with Crippen molar-refractivity contribution < 1.29 is 13.2 Å². The second kappa shape index (κ2) is 9.31. The predicted molar refractivity (Wildman–Crippen MR) is 130 cm³/mol. The first-order valence-corrected chi connectivity index (χ1v) is 12.0. The molecule has 0 atom stereocenters. The molecule has 4 aromatic rings. The first-order valence-electron chi connectivity index (χ1n) is 9.78. The summed E-state index contributed by atoms with van der Waals surface area (Å²) >= 11 is 11.8. The molecule has 34 heavy (non-hydrogen) atoms. The fourth-order valence-corrected chi connectivity index (χ4v) is 4.54. The Morgan fingerprint density at radius 1 is 1.06 bits per heavy atom. The van der Waals surface area contributed by atoms with Gasteiger partial charge in [-0.05, 0) is 73.2 Å². The number of hydrogen-bond acceptors (Lipinski definition) is 6. The maximum Gasteiger partial charge on any atom is 0.269 e. The molecule has 0 saturated carbocycles. The van der Waals surface area contributed by atoms with Crippen molar-refractivity contribution in [2.75, 3.05) is 0 Å². The van der Waals surface area contributed by atoms with E-state index in [-0.39, 0.29) is 16.3 Å². The van der Waals surface area contributed by atoms with Gasteiger partial charge < -0.3 is 4.74 Å². The zero-order valence-corrected chi connectivity index (χ0v) is 19.9. The smallest absolute Gasteiger partial charge is 0.269 e. The van der Waals surface area contributed by atoms with Crippen LogP contribution in [0.3, 0.4) is 0 Å². The van der Waals surface area contributed by atoms with Gasteiger partial charge in [0.25, 0.3) is 5.56 Å². The van der Waals surface area contributed by atoms with Gasteiger partial charge in [0.1, 0.15) is 27.9 Å². The van der Waals surface area contributed by atoms with Crippen LogP contribution in [0.25, 0.3) is 11.7 Å². The number of aryl methyl sites for hydroxylation is 1. The Morgan fingerprint density at radius 2 is 1.68 bits per heavy atom. The van der Waals surface area contributed by atoms with Crippen LogP contribution in [0.1, 0.15) is 11.1 Å². The molecule has 10 heteroatoms. The van der Waals surface area contributed by atoms with Crippen molar-refractivity contribution in [3.8, 4) is 17.7 Å². The number of rotatable bonds is 5. The first kappa shape index (κ1) is 23.5. The highest BCUT2D eigenvalue weighted by atomic mass is 35.5. The van der Waals surface area contributed by atoms with Crippen molar-refractivity contribution in [2.24, 2.45) is 0 Å². The van der Waals surface area contributed by atoms with Gasteiger partial charge in [-0.15, -0.1) is 0 Å². The van der Waals surface area contributed by atoms with Crippen LogP contribution in [-0.4, -0.2) is 17.8 Å². The monoisotopic (exact) mass is 511 g/mol. The highest BCUT2D eigenvalue weighted by Gasteiger charge is 2.24. The highest BCUT2D eigenvalue weighted by molar-refractivity contribution is 7.95. The average Bonchev–Trinajstić information content (AvgIpc) is 2.81. The molecule has 0 unspecified atom stereocenters. The van der Waals surface area contributed by atoms with Gasteiger partial charge in [-0.1, -0.05) is 29.3 Å². The van der Waals surface area contributed by atoms with E-state index in [0.29, 0.717) is 27.0 Å². The Kier molecular flexibility index (Phi) is 6.44. The third-order valence-corrected chi connectivity index (χ3v) is 7.06. The van der Waals surface area contributed by atoms with E-state index in [0.717, 1.165) is 6.08 Å². The van der Waals surface area contributed by atoms with E-state index in [4.69, 9.17) is 27.9 Å². The maximum absolute atomic E-state index is 13.4. The maximum atomic E-state index is 13.4. The lowest BCUT2D eigenvalue weighted by Gasteiger charge is -2.12. The van der Waals surface area contributed by atoms with E-state index in [1.807, 2.05) is 0 Å². The fraction of sp³-hybridized carbons (Fsp3) is 0.0417. The van der Waals surface area contributed by atoms with Crippen LogP contribution >= 0.6 is 23.2 Å². The summed E-state index contributed by atoms with van der Waals surface area (Å²) in [6.07, 6.45) is 2.47. The molecule has 0 radical (unpaired) electrons. The van der Waals surface area contributed by atoms with Crippen molar-refractivity contribution >= 4 is 44.8 Å². The van der Waals surface area contributed by atoms with Gasteiger partial charge in [0, 0.05) is 16.2 Å². The lowest BCUT2D eigenvalue weighted by atomic mass is 10.2. The summed E-state index contributed by atoms with van der Waals surface area (Å²) < 4.78 is 33.3. The zero-order chi connectivity index (χ0) is 24.5. The molecule has 2 heterocycles. The van der Waals surface area contributed by atoms with E-state index < -0.39 is 20.3 Å². The van der Waals surface area contributed by atoms with Crippen molar-refractivity contribution in [3.05, 3.63) is 103 Å². The number of benzene rings is 2. The van der Waals surface area contributed by atoms with Gasteiger partial charge in [-0.3, -0.25) is 9.20 Å².